The first-order valence-electron chi connectivity index (χ1n) is 7.94. The van der Waals surface area contributed by atoms with Crippen molar-refractivity contribution in [2.45, 2.75) is 63.6 Å². The number of nitrogens with one attached hydrogen (secondary N) is 1. The molecule has 1 aliphatic heterocycles. The van der Waals surface area contributed by atoms with Gasteiger partial charge in [0.25, 0.3) is 0 Å². The van der Waals surface area contributed by atoms with Crippen molar-refractivity contribution in [3.05, 3.63) is 0 Å². The molecule has 19 heavy (non-hydrogen) atoms. The molecular formula is C15H30N2O2. The molecule has 1 saturated heterocycles. The molecular weight excluding hydrogens is 240 g/mol. The van der Waals surface area contributed by atoms with Crippen LogP contribution >= 0.6 is 0 Å². The van der Waals surface area contributed by atoms with Gasteiger partial charge in [0, 0.05) is 24.2 Å². The number of morpholine rings is 1. The van der Waals surface area contributed by atoms with Crippen LogP contribution in [0.5, 0.6) is 0 Å². The highest BCUT2D eigenvalue weighted by Gasteiger charge is 2.42. The first-order chi connectivity index (χ1) is 9.24. The van der Waals surface area contributed by atoms with Crippen LogP contribution in [0.25, 0.3) is 0 Å². The molecule has 2 fully saturated rings. The molecule has 0 aromatic rings. The lowest BCUT2D eigenvalue weighted by Gasteiger charge is -2.40. The van der Waals surface area contributed by atoms with Gasteiger partial charge in [-0.05, 0) is 38.6 Å². The minimum atomic E-state index is -0.0305. The van der Waals surface area contributed by atoms with E-state index in [1.54, 1.807) is 0 Å². The smallest absolute Gasteiger partial charge is 0.0622 e. The van der Waals surface area contributed by atoms with Gasteiger partial charge in [0.05, 0.1) is 19.8 Å². The summed E-state index contributed by atoms with van der Waals surface area (Å²) in [5.41, 5.74) is -0.0305. The maximum absolute atomic E-state index is 9.78. The van der Waals surface area contributed by atoms with Crippen molar-refractivity contribution in [2.24, 2.45) is 0 Å². The summed E-state index contributed by atoms with van der Waals surface area (Å²) in [4.78, 5) is 2.63. The van der Waals surface area contributed by atoms with E-state index in [1.165, 1.54) is 6.42 Å². The maximum Gasteiger partial charge on any atom is 0.0622 e. The Balaban J connectivity index is 1.95. The molecule has 1 heterocycles. The summed E-state index contributed by atoms with van der Waals surface area (Å²) < 4.78 is 5.60. The van der Waals surface area contributed by atoms with E-state index in [1.807, 2.05) is 0 Å². The average molecular weight is 270 g/mol. The topological polar surface area (TPSA) is 44.7 Å². The summed E-state index contributed by atoms with van der Waals surface area (Å²) in [6.45, 7) is 8.50. The summed E-state index contributed by atoms with van der Waals surface area (Å²) in [6.07, 6.45) is 5.67. The van der Waals surface area contributed by atoms with E-state index in [2.05, 4.69) is 24.1 Å². The van der Waals surface area contributed by atoms with E-state index in [4.69, 9.17) is 4.74 Å². The fourth-order valence-electron chi connectivity index (χ4n) is 3.63. The van der Waals surface area contributed by atoms with E-state index in [0.29, 0.717) is 12.1 Å². The van der Waals surface area contributed by atoms with Crippen molar-refractivity contribution >= 4 is 0 Å². The molecule has 1 saturated carbocycles. The molecule has 3 unspecified atom stereocenters. The van der Waals surface area contributed by atoms with Crippen molar-refractivity contribution in [3.8, 4) is 0 Å². The third-order valence-electron chi connectivity index (χ3n) is 4.85. The summed E-state index contributed by atoms with van der Waals surface area (Å²) in [6, 6.07) is 1.18. The molecule has 0 aromatic carbocycles. The van der Waals surface area contributed by atoms with Gasteiger partial charge in [0.1, 0.15) is 0 Å². The fourth-order valence-corrected chi connectivity index (χ4v) is 3.63. The number of hydrogen-bond acceptors (Lipinski definition) is 4. The van der Waals surface area contributed by atoms with Crippen molar-refractivity contribution in [2.75, 3.05) is 32.9 Å². The minimum Gasteiger partial charge on any atom is -0.394 e. The highest BCUT2D eigenvalue weighted by atomic mass is 16.5. The van der Waals surface area contributed by atoms with Gasteiger partial charge in [-0.25, -0.2) is 0 Å². The van der Waals surface area contributed by atoms with Gasteiger partial charge in [0.2, 0.25) is 0 Å². The predicted molar refractivity (Wildman–Crippen MR) is 77.4 cm³/mol. The zero-order valence-corrected chi connectivity index (χ0v) is 12.5. The lowest BCUT2D eigenvalue weighted by atomic mass is 9.97. The van der Waals surface area contributed by atoms with E-state index in [0.717, 1.165) is 52.0 Å². The van der Waals surface area contributed by atoms with Gasteiger partial charge in [-0.3, -0.25) is 4.90 Å². The van der Waals surface area contributed by atoms with Crippen LogP contribution in [0.3, 0.4) is 0 Å². The highest BCUT2D eigenvalue weighted by Crippen LogP contribution is 2.34. The predicted octanol–water partition coefficient (Wildman–Crippen LogP) is 1.38. The third kappa shape index (κ3) is 3.48. The standard InChI is InChI=1S/C15H30N2O2/c1-3-7-16-15(12-18)6-5-14(10-15)17-8-9-19-11-13(17)4-2/h13-14,16,18H,3-12H2,1-2H3. The molecule has 3 atom stereocenters. The Morgan fingerprint density at radius 2 is 2.26 bits per heavy atom. The van der Waals surface area contributed by atoms with Crippen molar-refractivity contribution in [1.29, 1.82) is 0 Å². The van der Waals surface area contributed by atoms with E-state index >= 15 is 0 Å². The van der Waals surface area contributed by atoms with Crippen LogP contribution in [0, 0.1) is 0 Å². The molecule has 4 nitrogen and oxygen atoms in total. The molecule has 0 aromatic heterocycles. The molecule has 0 bridgehead atoms. The lowest BCUT2D eigenvalue weighted by Crippen LogP contribution is -2.52. The Hall–Kier alpha value is -0.160. The van der Waals surface area contributed by atoms with E-state index < -0.39 is 0 Å². The Bertz CT molecular complexity index is 275. The van der Waals surface area contributed by atoms with Crippen LogP contribution in [0.2, 0.25) is 0 Å². The monoisotopic (exact) mass is 270 g/mol. The van der Waals surface area contributed by atoms with Gasteiger partial charge in [0.15, 0.2) is 0 Å². The second-order valence-electron chi connectivity index (χ2n) is 6.14. The average Bonchev–Trinajstić information content (AvgIpc) is 2.90. The van der Waals surface area contributed by atoms with E-state index in [9.17, 15) is 5.11 Å². The Morgan fingerprint density at radius 1 is 1.42 bits per heavy atom. The van der Waals surface area contributed by atoms with Crippen LogP contribution < -0.4 is 5.32 Å². The van der Waals surface area contributed by atoms with Gasteiger partial charge in [-0.15, -0.1) is 0 Å². The molecule has 2 N–H and O–H groups in total. The SMILES string of the molecule is CCCNC1(CO)CCC(N2CCOCC2CC)C1. The van der Waals surface area contributed by atoms with Gasteiger partial charge in [-0.1, -0.05) is 13.8 Å². The fraction of sp³-hybridized carbons (Fsp3) is 1.00. The number of hydrogen-bond donors (Lipinski definition) is 2. The van der Waals surface area contributed by atoms with Crippen molar-refractivity contribution in [1.82, 2.24) is 10.2 Å². The van der Waals surface area contributed by atoms with Crippen LogP contribution in [0.1, 0.15) is 46.0 Å². The van der Waals surface area contributed by atoms with Gasteiger partial charge in [-0.2, -0.15) is 0 Å². The molecule has 112 valence electrons. The largest absolute Gasteiger partial charge is 0.394 e. The van der Waals surface area contributed by atoms with Crippen molar-refractivity contribution in [3.63, 3.8) is 0 Å². The second-order valence-corrected chi connectivity index (χ2v) is 6.14. The lowest BCUT2D eigenvalue weighted by molar-refractivity contribution is -0.0308. The Labute approximate surface area is 117 Å². The second kappa shape index (κ2) is 7.02. The molecule has 4 heteroatoms. The molecule has 0 amide bonds. The highest BCUT2D eigenvalue weighted by molar-refractivity contribution is 5.00. The Kier molecular flexibility index (Phi) is 5.63. The molecule has 2 aliphatic rings. The Morgan fingerprint density at radius 3 is 2.95 bits per heavy atom. The number of nitrogens with zero attached hydrogens (tertiary/aromatic N) is 1. The molecule has 0 spiro atoms. The normalized spacial score (nSPS) is 36.8. The zero-order chi connectivity index (χ0) is 13.7. The number of rotatable bonds is 6. The maximum atomic E-state index is 9.78. The zero-order valence-electron chi connectivity index (χ0n) is 12.5. The first kappa shape index (κ1) is 15.2. The molecule has 2 rings (SSSR count). The summed E-state index contributed by atoms with van der Waals surface area (Å²) >= 11 is 0. The third-order valence-corrected chi connectivity index (χ3v) is 4.85. The van der Waals surface area contributed by atoms with Gasteiger partial charge >= 0.3 is 0 Å². The van der Waals surface area contributed by atoms with E-state index in [-0.39, 0.29) is 12.1 Å². The summed E-state index contributed by atoms with van der Waals surface area (Å²) in [7, 11) is 0. The number of ether oxygens (including phenoxy) is 1. The van der Waals surface area contributed by atoms with Crippen LogP contribution in [-0.4, -0.2) is 60.5 Å². The summed E-state index contributed by atoms with van der Waals surface area (Å²) in [5.74, 6) is 0. The van der Waals surface area contributed by atoms with Gasteiger partial charge < -0.3 is 15.2 Å². The number of aliphatic hydroxyl groups is 1. The van der Waals surface area contributed by atoms with Crippen molar-refractivity contribution < 1.29 is 9.84 Å². The molecule has 0 radical (unpaired) electrons. The first-order valence-corrected chi connectivity index (χ1v) is 7.94. The van der Waals surface area contributed by atoms with Crippen LogP contribution in [-0.2, 0) is 4.74 Å². The van der Waals surface area contributed by atoms with Crippen LogP contribution in [0.4, 0.5) is 0 Å². The quantitative estimate of drug-likeness (QED) is 0.765. The molecule has 1 aliphatic carbocycles. The summed E-state index contributed by atoms with van der Waals surface area (Å²) in [5, 5.41) is 13.4. The number of aliphatic hydroxyl groups excluding tert-OH is 1. The minimum absolute atomic E-state index is 0.0305. The van der Waals surface area contributed by atoms with Crippen LogP contribution in [0.15, 0.2) is 0 Å².